The number of methoxy groups -OCH3 is 1. The third kappa shape index (κ3) is 4.72. The lowest BCUT2D eigenvalue weighted by Gasteiger charge is -2.20. The molecule has 1 amide bonds. The predicted molar refractivity (Wildman–Crippen MR) is 111 cm³/mol. The summed E-state index contributed by atoms with van der Waals surface area (Å²) in [5.74, 6) is 0.0198. The molecule has 0 saturated carbocycles. The van der Waals surface area contributed by atoms with Gasteiger partial charge >= 0.3 is 0 Å². The Balaban J connectivity index is 2.27. The van der Waals surface area contributed by atoms with Crippen LogP contribution in [0.2, 0.25) is 0 Å². The number of carbonyl (C=O) groups is 1. The van der Waals surface area contributed by atoms with Crippen molar-refractivity contribution in [1.82, 2.24) is 4.31 Å². The zero-order chi connectivity index (χ0) is 21.1. The molecular weight excluding hydrogens is 376 g/mol. The maximum atomic E-state index is 13.1. The van der Waals surface area contributed by atoms with Gasteiger partial charge in [0.25, 0.3) is 0 Å². The van der Waals surface area contributed by atoms with Crippen molar-refractivity contribution in [2.24, 2.45) is 0 Å². The number of likely N-dealkylation sites (N-methyl/N-ethyl adjacent to an activating group) is 1. The van der Waals surface area contributed by atoms with E-state index in [1.54, 1.807) is 12.1 Å². The normalized spacial score (nSPS) is 11.7. The van der Waals surface area contributed by atoms with Crippen molar-refractivity contribution < 1.29 is 17.9 Å². The van der Waals surface area contributed by atoms with Crippen LogP contribution in [0.25, 0.3) is 0 Å². The van der Waals surface area contributed by atoms with E-state index in [1.165, 1.54) is 14.2 Å². The SMILES string of the molecule is COc1ccc(C(C)C)cc1S(=O)(=O)N(C)CC(=O)Nc1c(C)cccc1C. The van der Waals surface area contributed by atoms with Crippen molar-refractivity contribution >= 4 is 21.6 Å². The first-order chi connectivity index (χ1) is 13.1. The molecule has 0 aliphatic carbocycles. The maximum Gasteiger partial charge on any atom is 0.246 e. The van der Waals surface area contributed by atoms with Gasteiger partial charge in [-0.15, -0.1) is 0 Å². The molecule has 1 N–H and O–H groups in total. The Labute approximate surface area is 167 Å². The number of nitrogens with zero attached hydrogens (tertiary/aromatic N) is 1. The van der Waals surface area contributed by atoms with E-state index in [0.29, 0.717) is 5.69 Å². The van der Waals surface area contributed by atoms with Crippen molar-refractivity contribution in [2.75, 3.05) is 26.0 Å². The molecule has 2 rings (SSSR count). The van der Waals surface area contributed by atoms with E-state index >= 15 is 0 Å². The molecule has 2 aromatic carbocycles. The highest BCUT2D eigenvalue weighted by atomic mass is 32.2. The first kappa shape index (κ1) is 21.9. The number of nitrogens with one attached hydrogen (secondary N) is 1. The molecule has 0 atom stereocenters. The van der Waals surface area contributed by atoms with Gasteiger partial charge in [0.1, 0.15) is 10.6 Å². The molecule has 28 heavy (non-hydrogen) atoms. The number of para-hydroxylation sites is 1. The first-order valence-electron chi connectivity index (χ1n) is 9.08. The summed E-state index contributed by atoms with van der Waals surface area (Å²) in [5.41, 5.74) is 3.43. The zero-order valence-electron chi connectivity index (χ0n) is 17.2. The van der Waals surface area contributed by atoms with Gasteiger partial charge in [0.15, 0.2) is 0 Å². The number of rotatable bonds is 7. The van der Waals surface area contributed by atoms with E-state index in [2.05, 4.69) is 5.32 Å². The fourth-order valence-electron chi connectivity index (χ4n) is 2.90. The van der Waals surface area contributed by atoms with Gasteiger partial charge in [-0.2, -0.15) is 4.31 Å². The lowest BCUT2D eigenvalue weighted by Crippen LogP contribution is -2.35. The molecule has 0 aliphatic rings. The lowest BCUT2D eigenvalue weighted by atomic mass is 10.0. The number of hydrogen-bond acceptors (Lipinski definition) is 4. The number of sulfonamides is 1. The number of carbonyl (C=O) groups excluding carboxylic acids is 1. The summed E-state index contributed by atoms with van der Waals surface area (Å²) in [7, 11) is -1.08. The van der Waals surface area contributed by atoms with Crippen LogP contribution in [0.1, 0.15) is 36.5 Å². The zero-order valence-corrected chi connectivity index (χ0v) is 18.1. The molecule has 0 unspecified atom stereocenters. The number of ether oxygens (including phenoxy) is 1. The summed E-state index contributed by atoms with van der Waals surface area (Å²) >= 11 is 0. The topological polar surface area (TPSA) is 75.7 Å². The largest absolute Gasteiger partial charge is 0.495 e. The van der Waals surface area contributed by atoms with Crippen LogP contribution in [0.3, 0.4) is 0 Å². The van der Waals surface area contributed by atoms with E-state index in [0.717, 1.165) is 21.0 Å². The van der Waals surface area contributed by atoms with Gasteiger partial charge in [-0.25, -0.2) is 8.42 Å². The van der Waals surface area contributed by atoms with Crippen LogP contribution in [0.5, 0.6) is 5.75 Å². The van der Waals surface area contributed by atoms with Gasteiger partial charge in [0.05, 0.1) is 13.7 Å². The Kier molecular flexibility index (Phi) is 6.85. The van der Waals surface area contributed by atoms with Gasteiger partial charge in [-0.1, -0.05) is 38.1 Å². The second kappa shape index (κ2) is 8.75. The van der Waals surface area contributed by atoms with Gasteiger partial charge in [-0.3, -0.25) is 4.79 Å². The molecule has 0 saturated heterocycles. The summed E-state index contributed by atoms with van der Waals surface area (Å²) in [5, 5.41) is 2.81. The van der Waals surface area contributed by atoms with Gasteiger partial charge < -0.3 is 10.1 Å². The molecule has 0 fully saturated rings. The number of hydrogen-bond donors (Lipinski definition) is 1. The number of anilines is 1. The summed E-state index contributed by atoms with van der Waals surface area (Å²) in [6, 6.07) is 10.8. The first-order valence-corrected chi connectivity index (χ1v) is 10.5. The number of amides is 1. The van der Waals surface area contributed by atoms with Crippen molar-refractivity contribution in [3.05, 3.63) is 53.1 Å². The lowest BCUT2D eigenvalue weighted by molar-refractivity contribution is -0.116. The Morgan fingerprint density at radius 1 is 1.14 bits per heavy atom. The van der Waals surface area contributed by atoms with Crippen molar-refractivity contribution in [1.29, 1.82) is 0 Å². The quantitative estimate of drug-likeness (QED) is 0.764. The third-order valence-electron chi connectivity index (χ3n) is 4.65. The van der Waals surface area contributed by atoms with Crippen molar-refractivity contribution in [3.8, 4) is 5.75 Å². The Morgan fingerprint density at radius 2 is 1.75 bits per heavy atom. The maximum absolute atomic E-state index is 13.1. The second-order valence-corrected chi connectivity index (χ2v) is 9.15. The minimum Gasteiger partial charge on any atom is -0.495 e. The number of benzene rings is 2. The molecule has 2 aromatic rings. The van der Waals surface area contributed by atoms with E-state index in [4.69, 9.17) is 4.74 Å². The highest BCUT2D eigenvalue weighted by Crippen LogP contribution is 2.30. The van der Waals surface area contributed by atoms with Crippen molar-refractivity contribution in [3.63, 3.8) is 0 Å². The molecule has 7 heteroatoms. The molecule has 0 aliphatic heterocycles. The van der Waals surface area contributed by atoms with E-state index < -0.39 is 15.9 Å². The van der Waals surface area contributed by atoms with Gasteiger partial charge in [0, 0.05) is 12.7 Å². The smallest absolute Gasteiger partial charge is 0.246 e. The molecule has 0 aromatic heterocycles. The summed E-state index contributed by atoms with van der Waals surface area (Å²) < 4.78 is 32.4. The van der Waals surface area contributed by atoms with E-state index in [-0.39, 0.29) is 23.1 Å². The molecular formula is C21H28N2O4S. The van der Waals surface area contributed by atoms with Crippen LogP contribution in [0, 0.1) is 13.8 Å². The van der Waals surface area contributed by atoms with Crippen LogP contribution in [0.4, 0.5) is 5.69 Å². The van der Waals surface area contributed by atoms with Crippen LogP contribution in [-0.2, 0) is 14.8 Å². The van der Waals surface area contributed by atoms with Crippen LogP contribution < -0.4 is 10.1 Å². The Morgan fingerprint density at radius 3 is 2.29 bits per heavy atom. The molecule has 0 heterocycles. The molecule has 152 valence electrons. The van der Waals surface area contributed by atoms with Gasteiger partial charge in [0.2, 0.25) is 15.9 Å². The fraction of sp³-hybridized carbons (Fsp3) is 0.381. The predicted octanol–water partition coefficient (Wildman–Crippen LogP) is 3.69. The average Bonchev–Trinajstić information content (AvgIpc) is 2.64. The molecule has 6 nitrogen and oxygen atoms in total. The Hall–Kier alpha value is -2.38. The average molecular weight is 405 g/mol. The molecule has 0 radical (unpaired) electrons. The van der Waals surface area contributed by atoms with Gasteiger partial charge in [-0.05, 0) is 48.6 Å². The third-order valence-corrected chi connectivity index (χ3v) is 6.48. The fourth-order valence-corrected chi connectivity index (χ4v) is 4.21. The minimum absolute atomic E-state index is 0.0589. The van der Waals surface area contributed by atoms with Crippen LogP contribution >= 0.6 is 0 Å². The highest BCUT2D eigenvalue weighted by molar-refractivity contribution is 7.89. The van der Waals surface area contributed by atoms with E-state index in [9.17, 15) is 13.2 Å². The standard InChI is InChI=1S/C21H28N2O4S/c1-14(2)17-10-11-18(27-6)19(12-17)28(25,26)23(5)13-20(24)22-21-15(3)8-7-9-16(21)4/h7-12,14H,13H2,1-6H3,(H,22,24). The monoisotopic (exact) mass is 404 g/mol. The van der Waals surface area contributed by atoms with Crippen LogP contribution in [-0.4, -0.2) is 39.3 Å². The minimum atomic E-state index is -3.90. The summed E-state index contributed by atoms with van der Waals surface area (Å²) in [6.07, 6.45) is 0. The van der Waals surface area contributed by atoms with Crippen LogP contribution in [0.15, 0.2) is 41.3 Å². The molecule has 0 spiro atoms. The second-order valence-electron chi connectivity index (χ2n) is 7.14. The Bertz CT molecular complexity index is 948. The van der Waals surface area contributed by atoms with Crippen molar-refractivity contribution in [2.45, 2.75) is 38.5 Å². The van der Waals surface area contributed by atoms with E-state index in [1.807, 2.05) is 52.0 Å². The molecule has 0 bridgehead atoms. The highest BCUT2D eigenvalue weighted by Gasteiger charge is 2.27. The number of aryl methyl sites for hydroxylation is 2. The summed E-state index contributed by atoms with van der Waals surface area (Å²) in [4.78, 5) is 12.5. The summed E-state index contributed by atoms with van der Waals surface area (Å²) in [6.45, 7) is 7.46.